The minimum atomic E-state index is -0.742. The molecular weight excluding hydrogens is 337 g/mol. The highest BCUT2D eigenvalue weighted by Gasteiger charge is 2.16. The molecule has 0 saturated heterocycles. The second kappa shape index (κ2) is 7.86. The van der Waals surface area contributed by atoms with E-state index in [0.29, 0.717) is 31.3 Å². The Morgan fingerprint density at radius 3 is 2.57 bits per heavy atom. The number of imidazole rings is 1. The lowest BCUT2D eigenvalue weighted by Gasteiger charge is -2.22. The molecule has 0 saturated carbocycles. The number of nitrogens with zero attached hydrogens (tertiary/aromatic N) is 3. The van der Waals surface area contributed by atoms with Gasteiger partial charge in [0.2, 0.25) is 5.91 Å². The van der Waals surface area contributed by atoms with Crippen LogP contribution >= 0.6 is 23.2 Å². The molecule has 1 amide bonds. The van der Waals surface area contributed by atoms with Crippen LogP contribution in [-0.4, -0.2) is 46.3 Å². The number of rotatable bonds is 8. The van der Waals surface area contributed by atoms with Gasteiger partial charge in [-0.2, -0.15) is 0 Å². The van der Waals surface area contributed by atoms with Gasteiger partial charge in [0.1, 0.15) is 5.82 Å². The molecular formula is C15H21Cl2N5O. The first-order chi connectivity index (χ1) is 11.0. The van der Waals surface area contributed by atoms with Crippen LogP contribution in [0.5, 0.6) is 0 Å². The Bertz CT molecular complexity index is 682. The van der Waals surface area contributed by atoms with Crippen LogP contribution in [-0.2, 0) is 18.3 Å². The SMILES string of the molecule is Cn1c(CC(N)C(N)=O)nc2cc(N(CCCl)CCCl)ccc21. The molecule has 2 aromatic rings. The zero-order valence-electron chi connectivity index (χ0n) is 13.0. The molecule has 0 radical (unpaired) electrons. The molecule has 0 fully saturated rings. The third-order valence-electron chi connectivity index (χ3n) is 3.80. The highest BCUT2D eigenvalue weighted by molar-refractivity contribution is 6.18. The van der Waals surface area contributed by atoms with Gasteiger partial charge < -0.3 is 20.9 Å². The number of hydrogen-bond acceptors (Lipinski definition) is 4. The molecule has 0 aliphatic carbocycles. The maximum atomic E-state index is 11.1. The van der Waals surface area contributed by atoms with Crippen molar-refractivity contribution in [3.8, 4) is 0 Å². The molecule has 8 heteroatoms. The van der Waals surface area contributed by atoms with Crippen molar-refractivity contribution in [2.24, 2.45) is 18.5 Å². The number of primary amides is 1. The van der Waals surface area contributed by atoms with Crippen LogP contribution in [0.4, 0.5) is 5.69 Å². The Balaban J connectivity index is 2.34. The minimum absolute atomic E-state index is 0.308. The zero-order chi connectivity index (χ0) is 17.0. The van der Waals surface area contributed by atoms with Crippen LogP contribution in [0, 0.1) is 0 Å². The number of benzene rings is 1. The van der Waals surface area contributed by atoms with Gasteiger partial charge in [0, 0.05) is 44.0 Å². The van der Waals surface area contributed by atoms with Crippen LogP contribution in [0.1, 0.15) is 5.82 Å². The number of nitrogens with two attached hydrogens (primary N) is 2. The number of anilines is 1. The van der Waals surface area contributed by atoms with Gasteiger partial charge >= 0.3 is 0 Å². The van der Waals surface area contributed by atoms with Gasteiger partial charge in [-0.1, -0.05) is 0 Å². The summed E-state index contributed by atoms with van der Waals surface area (Å²) in [6.07, 6.45) is 0.308. The maximum absolute atomic E-state index is 11.1. The minimum Gasteiger partial charge on any atom is -0.369 e. The maximum Gasteiger partial charge on any atom is 0.234 e. The molecule has 1 aromatic heterocycles. The van der Waals surface area contributed by atoms with Gasteiger partial charge in [0.15, 0.2) is 0 Å². The number of amides is 1. The largest absolute Gasteiger partial charge is 0.369 e. The van der Waals surface area contributed by atoms with Crippen molar-refractivity contribution in [3.63, 3.8) is 0 Å². The van der Waals surface area contributed by atoms with E-state index < -0.39 is 11.9 Å². The van der Waals surface area contributed by atoms with E-state index in [-0.39, 0.29) is 0 Å². The highest BCUT2D eigenvalue weighted by Crippen LogP contribution is 2.23. The summed E-state index contributed by atoms with van der Waals surface area (Å²) in [6.45, 7) is 1.43. The molecule has 0 aliphatic rings. The molecule has 1 aromatic carbocycles. The third kappa shape index (κ3) is 4.07. The Morgan fingerprint density at radius 2 is 2.00 bits per heavy atom. The number of aryl methyl sites for hydroxylation is 1. The predicted molar refractivity (Wildman–Crippen MR) is 95.2 cm³/mol. The Hall–Kier alpha value is -1.50. The Morgan fingerprint density at radius 1 is 1.35 bits per heavy atom. The first-order valence-corrected chi connectivity index (χ1v) is 8.42. The molecule has 1 unspecified atom stereocenters. The van der Waals surface area contributed by atoms with Gasteiger partial charge in [0.25, 0.3) is 0 Å². The quantitative estimate of drug-likeness (QED) is 0.694. The Kier molecular flexibility index (Phi) is 6.10. The lowest BCUT2D eigenvalue weighted by atomic mass is 10.2. The highest BCUT2D eigenvalue weighted by atomic mass is 35.5. The first-order valence-electron chi connectivity index (χ1n) is 7.35. The van der Waals surface area contributed by atoms with Crippen molar-refractivity contribution in [2.75, 3.05) is 29.7 Å². The summed E-state index contributed by atoms with van der Waals surface area (Å²) >= 11 is 11.7. The van der Waals surface area contributed by atoms with E-state index in [2.05, 4.69) is 9.88 Å². The van der Waals surface area contributed by atoms with Gasteiger partial charge in [-0.25, -0.2) is 4.98 Å². The van der Waals surface area contributed by atoms with Gasteiger partial charge in [0.05, 0.1) is 17.1 Å². The average molecular weight is 358 g/mol. The van der Waals surface area contributed by atoms with Crippen molar-refractivity contribution >= 4 is 45.8 Å². The van der Waals surface area contributed by atoms with Crippen LogP contribution in [0.2, 0.25) is 0 Å². The number of hydrogen-bond donors (Lipinski definition) is 2. The molecule has 23 heavy (non-hydrogen) atoms. The summed E-state index contributed by atoms with van der Waals surface area (Å²) in [5.41, 5.74) is 13.8. The normalized spacial score (nSPS) is 12.5. The fourth-order valence-electron chi connectivity index (χ4n) is 2.49. The van der Waals surface area contributed by atoms with E-state index in [9.17, 15) is 4.79 Å². The van der Waals surface area contributed by atoms with Crippen molar-refractivity contribution < 1.29 is 4.79 Å². The molecule has 1 heterocycles. The van der Waals surface area contributed by atoms with E-state index in [1.807, 2.05) is 29.8 Å². The molecule has 1 atom stereocenters. The van der Waals surface area contributed by atoms with E-state index in [1.165, 1.54) is 0 Å². The fraction of sp³-hybridized carbons (Fsp3) is 0.467. The second-order valence-electron chi connectivity index (χ2n) is 5.34. The first kappa shape index (κ1) is 17.8. The van der Waals surface area contributed by atoms with Crippen LogP contribution < -0.4 is 16.4 Å². The lowest BCUT2D eigenvalue weighted by molar-refractivity contribution is -0.119. The summed E-state index contributed by atoms with van der Waals surface area (Å²) in [7, 11) is 1.90. The number of carbonyl (C=O) groups excluding carboxylic acids is 1. The van der Waals surface area contributed by atoms with E-state index in [0.717, 1.165) is 22.5 Å². The van der Waals surface area contributed by atoms with Crippen molar-refractivity contribution in [3.05, 3.63) is 24.0 Å². The molecule has 0 bridgehead atoms. The molecule has 2 rings (SSSR count). The van der Waals surface area contributed by atoms with E-state index >= 15 is 0 Å². The summed E-state index contributed by atoms with van der Waals surface area (Å²) in [4.78, 5) is 17.8. The fourth-order valence-corrected chi connectivity index (χ4v) is 2.90. The summed E-state index contributed by atoms with van der Waals surface area (Å²) in [6, 6.07) is 5.26. The summed E-state index contributed by atoms with van der Waals surface area (Å²) in [5, 5.41) is 0. The van der Waals surface area contributed by atoms with Crippen molar-refractivity contribution in [2.45, 2.75) is 12.5 Å². The molecule has 6 nitrogen and oxygen atoms in total. The topological polar surface area (TPSA) is 90.2 Å². The van der Waals surface area contributed by atoms with Crippen molar-refractivity contribution in [1.82, 2.24) is 9.55 Å². The van der Waals surface area contributed by atoms with Gasteiger partial charge in [-0.05, 0) is 18.2 Å². The standard InChI is InChI=1S/C15H21Cl2N5O/c1-21-13-3-2-10(22(6-4-16)7-5-17)8-12(13)20-14(21)9-11(18)15(19)23/h2-3,8,11H,4-7,9,18H2,1H3,(H2,19,23). The number of halogens is 2. The third-order valence-corrected chi connectivity index (χ3v) is 4.14. The van der Waals surface area contributed by atoms with E-state index in [1.54, 1.807) is 0 Å². The molecule has 4 N–H and O–H groups in total. The van der Waals surface area contributed by atoms with Crippen LogP contribution in [0.3, 0.4) is 0 Å². The Labute approximate surface area is 145 Å². The number of aromatic nitrogens is 2. The zero-order valence-corrected chi connectivity index (χ0v) is 14.5. The van der Waals surface area contributed by atoms with Gasteiger partial charge in [-0.15, -0.1) is 23.2 Å². The van der Waals surface area contributed by atoms with Crippen LogP contribution in [0.15, 0.2) is 18.2 Å². The summed E-state index contributed by atoms with van der Waals surface area (Å²) in [5.74, 6) is 1.24. The van der Waals surface area contributed by atoms with Gasteiger partial charge in [-0.3, -0.25) is 4.79 Å². The van der Waals surface area contributed by atoms with E-state index in [4.69, 9.17) is 34.7 Å². The average Bonchev–Trinajstić information content (AvgIpc) is 2.82. The predicted octanol–water partition coefficient (Wildman–Crippen LogP) is 1.21. The van der Waals surface area contributed by atoms with Crippen LogP contribution in [0.25, 0.3) is 11.0 Å². The second-order valence-corrected chi connectivity index (χ2v) is 6.09. The number of carbonyl (C=O) groups is 1. The summed E-state index contributed by atoms with van der Waals surface area (Å²) < 4.78 is 1.93. The smallest absolute Gasteiger partial charge is 0.234 e. The van der Waals surface area contributed by atoms with Crippen molar-refractivity contribution in [1.29, 1.82) is 0 Å². The number of alkyl halides is 2. The number of fused-ring (bicyclic) bond motifs is 1. The molecule has 0 spiro atoms. The lowest BCUT2D eigenvalue weighted by Crippen LogP contribution is -2.38. The molecule has 126 valence electrons. The molecule has 0 aliphatic heterocycles. The monoisotopic (exact) mass is 357 g/mol.